The average molecular weight is 404 g/mol. The van der Waals surface area contributed by atoms with Crippen LogP contribution in [0.4, 0.5) is 11.4 Å². The first-order valence-corrected chi connectivity index (χ1v) is 9.98. The largest absolute Gasteiger partial charge is 0.439 e. The molecule has 8 nitrogen and oxygen atoms in total. The van der Waals surface area contributed by atoms with Gasteiger partial charge in [0.1, 0.15) is 0 Å². The highest BCUT2D eigenvalue weighted by Crippen LogP contribution is 2.36. The van der Waals surface area contributed by atoms with Gasteiger partial charge >= 0.3 is 5.76 Å². The summed E-state index contributed by atoms with van der Waals surface area (Å²) in [5.41, 5.74) is 3.87. The van der Waals surface area contributed by atoms with Gasteiger partial charge in [0.05, 0.1) is 0 Å². The van der Waals surface area contributed by atoms with Crippen molar-refractivity contribution in [2.75, 3.05) is 16.8 Å². The van der Waals surface area contributed by atoms with Crippen molar-refractivity contribution in [3.63, 3.8) is 0 Å². The Bertz CT molecular complexity index is 1170. The number of carbonyl (C=O) groups excluding carboxylic acids is 2. The lowest BCUT2D eigenvalue weighted by Crippen LogP contribution is -2.36. The van der Waals surface area contributed by atoms with E-state index in [-0.39, 0.29) is 11.8 Å². The second-order valence-corrected chi connectivity index (χ2v) is 7.77. The third-order valence-electron chi connectivity index (χ3n) is 5.54. The van der Waals surface area contributed by atoms with E-state index in [4.69, 9.17) is 0 Å². The number of H-pyrrole nitrogens is 1. The van der Waals surface area contributed by atoms with E-state index >= 15 is 0 Å². The Morgan fingerprint density at radius 2 is 1.93 bits per heavy atom. The molecular formula is C22H20N4O4. The third kappa shape index (κ3) is 3.63. The zero-order valence-corrected chi connectivity index (χ0v) is 16.2. The van der Waals surface area contributed by atoms with Gasteiger partial charge in [0.2, 0.25) is 5.91 Å². The first kappa shape index (κ1) is 18.4. The van der Waals surface area contributed by atoms with Crippen LogP contribution in [-0.2, 0) is 11.2 Å². The molecule has 2 amide bonds. The van der Waals surface area contributed by atoms with E-state index in [2.05, 4.69) is 20.0 Å². The predicted octanol–water partition coefficient (Wildman–Crippen LogP) is 2.97. The predicted molar refractivity (Wildman–Crippen MR) is 110 cm³/mol. The van der Waals surface area contributed by atoms with Crippen LogP contribution in [0.15, 0.2) is 51.8 Å². The fourth-order valence-corrected chi connectivity index (χ4v) is 3.73. The zero-order valence-electron chi connectivity index (χ0n) is 16.2. The summed E-state index contributed by atoms with van der Waals surface area (Å²) in [6.07, 6.45) is 3.57. The maximum atomic E-state index is 12.6. The van der Waals surface area contributed by atoms with Gasteiger partial charge in [-0.15, -0.1) is 0 Å². The first-order valence-electron chi connectivity index (χ1n) is 9.98. The Kier molecular flexibility index (Phi) is 4.46. The molecule has 0 radical (unpaired) electrons. The Labute approximate surface area is 171 Å². The van der Waals surface area contributed by atoms with E-state index in [0.29, 0.717) is 41.4 Å². The van der Waals surface area contributed by atoms with E-state index in [1.165, 1.54) is 12.8 Å². The van der Waals surface area contributed by atoms with Crippen LogP contribution in [0, 0.1) is 5.92 Å². The van der Waals surface area contributed by atoms with Gasteiger partial charge in [-0.2, -0.15) is 0 Å². The molecule has 0 unspecified atom stereocenters. The molecule has 3 aromatic rings. The standard InChI is InChI=1S/C22H20N4O4/c27-19-10-7-16-11-17(8-9-18(16)26(19)12-13-1-2-13)23-21(28)15-5-3-14(4-6-15)20-24-22(29)30-25-20/h3-6,8-9,11,13H,1-2,7,10,12H2,(H,23,28)(H,24,25,29). The molecule has 0 spiro atoms. The quantitative estimate of drug-likeness (QED) is 0.680. The highest BCUT2D eigenvalue weighted by molar-refractivity contribution is 6.05. The molecule has 2 aromatic carbocycles. The van der Waals surface area contributed by atoms with E-state index in [1.54, 1.807) is 24.3 Å². The fraction of sp³-hybridized carbons (Fsp3) is 0.273. The number of aromatic nitrogens is 2. The molecule has 1 fully saturated rings. The van der Waals surface area contributed by atoms with Crippen LogP contribution in [0.3, 0.4) is 0 Å². The van der Waals surface area contributed by atoms with Gasteiger partial charge in [0, 0.05) is 35.5 Å². The normalized spacial score (nSPS) is 15.7. The number of aryl methyl sites for hydroxylation is 1. The Balaban J connectivity index is 1.31. The van der Waals surface area contributed by atoms with Crippen LogP contribution in [0.2, 0.25) is 0 Å². The molecule has 1 saturated carbocycles. The Morgan fingerprint density at radius 1 is 1.13 bits per heavy atom. The van der Waals surface area contributed by atoms with Gasteiger partial charge in [-0.1, -0.05) is 17.3 Å². The first-order chi connectivity index (χ1) is 14.6. The molecule has 30 heavy (non-hydrogen) atoms. The van der Waals surface area contributed by atoms with Crippen LogP contribution in [0.5, 0.6) is 0 Å². The number of hydrogen-bond acceptors (Lipinski definition) is 5. The molecule has 1 aliphatic carbocycles. The van der Waals surface area contributed by atoms with Gasteiger partial charge in [-0.25, -0.2) is 4.79 Å². The molecular weight excluding hydrogens is 384 g/mol. The minimum atomic E-state index is -0.628. The zero-order chi connectivity index (χ0) is 20.7. The van der Waals surface area contributed by atoms with Crippen molar-refractivity contribution >= 4 is 23.2 Å². The van der Waals surface area contributed by atoms with Gasteiger partial charge in [0.15, 0.2) is 5.82 Å². The summed E-state index contributed by atoms with van der Waals surface area (Å²) in [6.45, 7) is 0.792. The highest BCUT2D eigenvalue weighted by Gasteiger charge is 2.31. The van der Waals surface area contributed by atoms with Gasteiger partial charge in [0.25, 0.3) is 5.91 Å². The van der Waals surface area contributed by atoms with Crippen LogP contribution >= 0.6 is 0 Å². The molecule has 5 rings (SSSR count). The lowest BCUT2D eigenvalue weighted by molar-refractivity contribution is -0.118. The van der Waals surface area contributed by atoms with Gasteiger partial charge in [-0.3, -0.25) is 19.1 Å². The van der Waals surface area contributed by atoms with Crippen LogP contribution in [-0.4, -0.2) is 28.5 Å². The lowest BCUT2D eigenvalue weighted by atomic mass is 10.00. The minimum Gasteiger partial charge on any atom is -0.322 e. The molecule has 8 heteroatoms. The van der Waals surface area contributed by atoms with Crippen molar-refractivity contribution in [2.24, 2.45) is 5.92 Å². The van der Waals surface area contributed by atoms with E-state index in [0.717, 1.165) is 17.8 Å². The molecule has 152 valence electrons. The minimum absolute atomic E-state index is 0.180. The molecule has 1 aliphatic heterocycles. The number of carbonyl (C=O) groups is 2. The number of amides is 2. The summed E-state index contributed by atoms with van der Waals surface area (Å²) in [7, 11) is 0. The van der Waals surface area contributed by atoms with Crippen molar-refractivity contribution in [1.29, 1.82) is 0 Å². The molecule has 2 N–H and O–H groups in total. The van der Waals surface area contributed by atoms with Crippen molar-refractivity contribution in [3.8, 4) is 11.4 Å². The summed E-state index contributed by atoms with van der Waals surface area (Å²) in [5, 5.41) is 6.55. The summed E-state index contributed by atoms with van der Waals surface area (Å²) in [6, 6.07) is 12.4. The van der Waals surface area contributed by atoms with Crippen LogP contribution < -0.4 is 16.0 Å². The smallest absolute Gasteiger partial charge is 0.322 e. The van der Waals surface area contributed by atoms with Crippen molar-refractivity contribution in [2.45, 2.75) is 25.7 Å². The summed E-state index contributed by atoms with van der Waals surface area (Å²) in [5.74, 6) is 0.248. The monoisotopic (exact) mass is 404 g/mol. The second kappa shape index (κ2) is 7.29. The summed E-state index contributed by atoms with van der Waals surface area (Å²) >= 11 is 0. The summed E-state index contributed by atoms with van der Waals surface area (Å²) < 4.78 is 4.49. The Morgan fingerprint density at radius 3 is 2.63 bits per heavy atom. The topological polar surface area (TPSA) is 108 Å². The van der Waals surface area contributed by atoms with Crippen molar-refractivity contribution < 1.29 is 14.1 Å². The number of anilines is 2. The maximum Gasteiger partial charge on any atom is 0.439 e. The van der Waals surface area contributed by atoms with Gasteiger partial charge in [-0.05, 0) is 61.1 Å². The molecule has 2 aliphatic rings. The van der Waals surface area contributed by atoms with Gasteiger partial charge < -0.3 is 10.2 Å². The molecule has 0 atom stereocenters. The fourth-order valence-electron chi connectivity index (χ4n) is 3.73. The molecule has 0 bridgehead atoms. The molecule has 1 aromatic heterocycles. The van der Waals surface area contributed by atoms with Crippen LogP contribution in [0.25, 0.3) is 11.4 Å². The van der Waals surface area contributed by atoms with Crippen molar-refractivity contribution in [1.82, 2.24) is 10.1 Å². The van der Waals surface area contributed by atoms with E-state index in [9.17, 15) is 14.4 Å². The van der Waals surface area contributed by atoms with E-state index < -0.39 is 5.76 Å². The number of benzene rings is 2. The highest BCUT2D eigenvalue weighted by atomic mass is 16.5. The maximum absolute atomic E-state index is 12.6. The van der Waals surface area contributed by atoms with Crippen molar-refractivity contribution in [3.05, 3.63) is 64.1 Å². The number of fused-ring (bicyclic) bond motifs is 1. The summed E-state index contributed by atoms with van der Waals surface area (Å²) in [4.78, 5) is 40.4. The Hall–Kier alpha value is -3.68. The second-order valence-electron chi connectivity index (χ2n) is 7.77. The number of rotatable bonds is 5. The number of hydrogen-bond donors (Lipinski definition) is 2. The molecule has 2 heterocycles. The number of nitrogens with zero attached hydrogens (tertiary/aromatic N) is 2. The van der Waals surface area contributed by atoms with E-state index in [1.807, 2.05) is 23.1 Å². The number of aromatic amines is 1. The SMILES string of the molecule is O=C(Nc1ccc2c(c1)CCC(=O)N2CC1CC1)c1ccc(-c2noc(=O)[nH]2)cc1. The van der Waals surface area contributed by atoms with Crippen LogP contribution in [0.1, 0.15) is 35.2 Å². The third-order valence-corrected chi connectivity index (χ3v) is 5.54. The number of nitrogens with one attached hydrogen (secondary N) is 2. The molecule has 0 saturated heterocycles. The lowest BCUT2D eigenvalue weighted by Gasteiger charge is -2.30. The average Bonchev–Trinajstić information content (AvgIpc) is 3.47.